The fourth-order valence-corrected chi connectivity index (χ4v) is 3.97. The molecule has 0 spiro atoms. The molecule has 166 valence electrons. The van der Waals surface area contributed by atoms with Gasteiger partial charge in [0.25, 0.3) is 0 Å². The summed E-state index contributed by atoms with van der Waals surface area (Å²) in [4.78, 5) is 20.3. The van der Waals surface area contributed by atoms with Crippen LogP contribution in [0.3, 0.4) is 0 Å². The van der Waals surface area contributed by atoms with E-state index in [9.17, 15) is 18.0 Å². The van der Waals surface area contributed by atoms with Crippen LogP contribution < -0.4 is 0 Å². The van der Waals surface area contributed by atoms with E-state index >= 15 is 0 Å². The molecule has 31 heavy (non-hydrogen) atoms. The van der Waals surface area contributed by atoms with Gasteiger partial charge in [-0.15, -0.1) is 0 Å². The summed E-state index contributed by atoms with van der Waals surface area (Å²) in [5.41, 5.74) is 2.72. The number of hydrogen-bond donors (Lipinski definition) is 0. The van der Waals surface area contributed by atoms with Crippen molar-refractivity contribution < 1.29 is 22.7 Å². The van der Waals surface area contributed by atoms with Gasteiger partial charge < -0.3 is 4.74 Å². The summed E-state index contributed by atoms with van der Waals surface area (Å²) in [7, 11) is 0. The van der Waals surface area contributed by atoms with E-state index in [1.54, 1.807) is 19.3 Å². The number of Topliss-reactive ketones (excluding diaryl/α,β-unsaturated/α-hetero) is 1. The molecular weight excluding hydrogens is 405 g/mol. The van der Waals surface area contributed by atoms with Gasteiger partial charge in [0, 0.05) is 29.7 Å². The van der Waals surface area contributed by atoms with Crippen LogP contribution in [-0.2, 0) is 9.53 Å². The molecule has 2 aliphatic heterocycles. The number of benzene rings is 1. The minimum absolute atomic E-state index is 0.00771. The van der Waals surface area contributed by atoms with E-state index in [4.69, 9.17) is 4.74 Å². The maximum atomic E-state index is 12.9. The predicted octanol–water partition coefficient (Wildman–Crippen LogP) is 6.16. The Labute approximate surface area is 180 Å². The van der Waals surface area contributed by atoms with Crippen LogP contribution in [0.2, 0.25) is 0 Å². The second-order valence-electron chi connectivity index (χ2n) is 7.98. The van der Waals surface area contributed by atoms with E-state index < -0.39 is 17.9 Å². The summed E-state index contributed by atoms with van der Waals surface area (Å²) in [5.74, 6) is -2.12. The molecule has 1 aromatic carbocycles. The lowest BCUT2D eigenvalue weighted by molar-refractivity contribution is -0.176. The Bertz CT molecular complexity index is 901. The zero-order chi connectivity index (χ0) is 22.4. The first-order valence-electron chi connectivity index (χ1n) is 10.7. The number of ether oxygens (including phenoxy) is 1. The number of allylic oxidation sites excluding steroid dienone is 1. The monoisotopic (exact) mass is 432 g/mol. The number of nitrogens with zero attached hydrogens (tertiary/aromatic N) is 2. The van der Waals surface area contributed by atoms with Crippen LogP contribution in [0.4, 0.5) is 13.2 Å². The molecule has 0 aromatic heterocycles. The summed E-state index contributed by atoms with van der Waals surface area (Å²) in [6.07, 6.45) is 2.08. The van der Waals surface area contributed by atoms with Gasteiger partial charge in [0.2, 0.25) is 11.7 Å². The Morgan fingerprint density at radius 2 is 1.87 bits per heavy atom. The highest BCUT2D eigenvalue weighted by Gasteiger charge is 2.42. The van der Waals surface area contributed by atoms with Crippen LogP contribution in [0.1, 0.15) is 57.4 Å². The minimum Gasteiger partial charge on any atom is -0.474 e. The van der Waals surface area contributed by atoms with Crippen LogP contribution in [0.15, 0.2) is 63.9 Å². The number of ketones is 1. The SMILES string of the molecule is CCCC(CCCC(OC1=NC2=CN=CC2=C1)[C@H](C)c1ccccc1)C(=O)C(F)(F)F. The number of halogens is 3. The summed E-state index contributed by atoms with van der Waals surface area (Å²) in [6.45, 7) is 3.83. The van der Waals surface area contributed by atoms with Gasteiger partial charge in [0.05, 0.1) is 11.9 Å². The number of hydrogen-bond acceptors (Lipinski definition) is 4. The highest BCUT2D eigenvalue weighted by atomic mass is 19.4. The number of carbonyl (C=O) groups excluding carboxylic acids is 1. The molecule has 0 saturated carbocycles. The molecule has 2 aliphatic rings. The van der Waals surface area contributed by atoms with Crippen molar-refractivity contribution in [1.82, 2.24) is 0 Å². The van der Waals surface area contributed by atoms with Gasteiger partial charge in [-0.3, -0.25) is 9.79 Å². The summed E-state index contributed by atoms with van der Waals surface area (Å²) < 4.78 is 45.0. The lowest BCUT2D eigenvalue weighted by Gasteiger charge is -2.26. The normalized spacial score (nSPS) is 18.0. The minimum atomic E-state index is -4.79. The Morgan fingerprint density at radius 1 is 1.13 bits per heavy atom. The molecule has 7 heteroatoms. The van der Waals surface area contributed by atoms with Gasteiger partial charge in [0.1, 0.15) is 6.10 Å². The van der Waals surface area contributed by atoms with Crippen molar-refractivity contribution >= 4 is 17.9 Å². The largest absolute Gasteiger partial charge is 0.474 e. The van der Waals surface area contributed by atoms with Crippen LogP contribution in [0.5, 0.6) is 0 Å². The van der Waals surface area contributed by atoms with Crippen molar-refractivity contribution in [3.05, 3.63) is 59.4 Å². The number of aliphatic imine (C=N–C) groups is 2. The molecule has 0 fully saturated rings. The van der Waals surface area contributed by atoms with E-state index in [1.807, 2.05) is 43.3 Å². The second kappa shape index (κ2) is 10.1. The Kier molecular flexibility index (Phi) is 7.46. The van der Waals surface area contributed by atoms with Gasteiger partial charge in [-0.1, -0.05) is 50.6 Å². The number of alkyl halides is 3. The molecule has 0 N–H and O–H groups in total. The molecule has 0 amide bonds. The van der Waals surface area contributed by atoms with Crippen molar-refractivity contribution in [2.24, 2.45) is 15.9 Å². The molecule has 4 nitrogen and oxygen atoms in total. The average molecular weight is 432 g/mol. The lowest BCUT2D eigenvalue weighted by Crippen LogP contribution is -2.31. The second-order valence-corrected chi connectivity index (χ2v) is 7.98. The van der Waals surface area contributed by atoms with Crippen LogP contribution >= 0.6 is 0 Å². The summed E-state index contributed by atoms with van der Waals surface area (Å²) >= 11 is 0. The predicted molar refractivity (Wildman–Crippen MR) is 115 cm³/mol. The van der Waals surface area contributed by atoms with E-state index in [0.717, 1.165) is 16.8 Å². The maximum Gasteiger partial charge on any atom is 0.450 e. The van der Waals surface area contributed by atoms with E-state index in [1.165, 1.54) is 0 Å². The molecular formula is C24H27F3N2O2. The zero-order valence-electron chi connectivity index (χ0n) is 17.7. The quantitative estimate of drug-likeness (QED) is 0.445. The standard InChI is InChI=1S/C24H27F3N2O2/c1-3-8-18(23(30)24(25,26)27)11-7-12-21(16(2)17-9-5-4-6-10-17)31-22-13-19-14-28-15-20(19)29-22/h4-6,9-10,13-16,18,21H,3,7-8,11-12H2,1-2H3/t16-,18?,21?/m1/s1. The van der Waals surface area contributed by atoms with Crippen LogP contribution in [0.25, 0.3) is 0 Å². The molecule has 0 bridgehead atoms. The number of fused-ring (bicyclic) bond motifs is 1. The van der Waals surface area contributed by atoms with E-state index in [0.29, 0.717) is 25.2 Å². The maximum absolute atomic E-state index is 12.9. The van der Waals surface area contributed by atoms with Crippen molar-refractivity contribution in [3.8, 4) is 0 Å². The van der Waals surface area contributed by atoms with Crippen LogP contribution in [0, 0.1) is 5.92 Å². The van der Waals surface area contributed by atoms with Gasteiger partial charge >= 0.3 is 6.18 Å². The third kappa shape index (κ3) is 5.93. The highest BCUT2D eigenvalue weighted by molar-refractivity contribution is 6.04. The van der Waals surface area contributed by atoms with Crippen LogP contribution in [-0.4, -0.2) is 30.2 Å². The fourth-order valence-electron chi connectivity index (χ4n) is 3.97. The smallest absolute Gasteiger partial charge is 0.450 e. The van der Waals surface area contributed by atoms with E-state index in [-0.39, 0.29) is 24.9 Å². The molecule has 0 radical (unpaired) electrons. The molecule has 3 atom stereocenters. The molecule has 1 aromatic rings. The molecule has 2 unspecified atom stereocenters. The molecule has 2 heterocycles. The third-order valence-electron chi connectivity index (χ3n) is 5.70. The van der Waals surface area contributed by atoms with Crippen molar-refractivity contribution in [2.75, 3.05) is 0 Å². The third-order valence-corrected chi connectivity index (χ3v) is 5.70. The Morgan fingerprint density at radius 3 is 2.52 bits per heavy atom. The van der Waals surface area contributed by atoms with Gasteiger partial charge in [-0.25, -0.2) is 4.99 Å². The van der Waals surface area contributed by atoms with Gasteiger partial charge in [-0.05, 0) is 31.2 Å². The summed E-state index contributed by atoms with van der Waals surface area (Å²) in [6, 6.07) is 9.84. The van der Waals surface area contributed by atoms with Crippen molar-refractivity contribution in [2.45, 2.75) is 64.1 Å². The first-order valence-corrected chi connectivity index (χ1v) is 10.7. The molecule has 0 saturated heterocycles. The van der Waals surface area contributed by atoms with Gasteiger partial charge in [0.15, 0.2) is 0 Å². The topological polar surface area (TPSA) is 51.0 Å². The first kappa shape index (κ1) is 23.0. The molecule has 0 aliphatic carbocycles. The highest BCUT2D eigenvalue weighted by Crippen LogP contribution is 2.31. The van der Waals surface area contributed by atoms with Crippen molar-refractivity contribution in [1.29, 1.82) is 0 Å². The Hall–Kier alpha value is -2.70. The number of carbonyl (C=O) groups is 1. The zero-order valence-corrected chi connectivity index (χ0v) is 17.7. The fraction of sp³-hybridized carbons (Fsp3) is 0.458. The van der Waals surface area contributed by atoms with Gasteiger partial charge in [-0.2, -0.15) is 13.2 Å². The summed E-state index contributed by atoms with van der Waals surface area (Å²) in [5, 5.41) is 0. The first-order chi connectivity index (χ1) is 14.8. The van der Waals surface area contributed by atoms with E-state index in [2.05, 4.69) is 9.98 Å². The molecule has 3 rings (SSSR count). The van der Waals surface area contributed by atoms with Crippen molar-refractivity contribution in [3.63, 3.8) is 0 Å². The average Bonchev–Trinajstić information content (AvgIpc) is 3.33. The Balaban J connectivity index is 1.68. The number of rotatable bonds is 10. The lowest BCUT2D eigenvalue weighted by atomic mass is 9.88.